The number of hydrogen-bond acceptors (Lipinski definition) is 5. The molecule has 0 saturated carbocycles. The summed E-state index contributed by atoms with van der Waals surface area (Å²) in [5.41, 5.74) is -4.04. The molecule has 3 atom stereocenters. The van der Waals surface area contributed by atoms with E-state index in [4.69, 9.17) is 4.74 Å². The number of aliphatic carboxylic acids is 4. The number of carboxylic acid groups (broad SMARTS) is 4. The molecule has 338 valence electrons. The van der Waals surface area contributed by atoms with Crippen molar-refractivity contribution >= 4 is 23.9 Å². The summed E-state index contributed by atoms with van der Waals surface area (Å²) < 4.78 is 5.60. The van der Waals surface area contributed by atoms with Crippen LogP contribution >= 0.6 is 0 Å². The van der Waals surface area contributed by atoms with Crippen LogP contribution in [0.1, 0.15) is 253 Å². The fourth-order valence-corrected chi connectivity index (χ4v) is 8.25. The molecular weight excluding hydrogens is 721 g/mol. The minimum atomic E-state index is -2.27. The van der Waals surface area contributed by atoms with E-state index in [2.05, 4.69) is 20.8 Å². The molecule has 0 rings (SSSR count). The van der Waals surface area contributed by atoms with E-state index in [1.807, 2.05) is 20.8 Å². The zero-order valence-electron chi connectivity index (χ0n) is 38.0. The number of ether oxygens (including phenoxy) is 1. The lowest BCUT2D eigenvalue weighted by Gasteiger charge is -2.44. The zero-order valence-corrected chi connectivity index (χ0v) is 38.0. The molecule has 0 aromatic heterocycles. The maximum atomic E-state index is 12.3. The molecule has 57 heavy (non-hydrogen) atoms. The lowest BCUT2D eigenvalue weighted by atomic mass is 9.64. The Labute approximate surface area is 350 Å². The standard InChI is InChI=1S/C30H60O2.C18H32O7/c1-4-7-10-13-15-16-17-18-20-23-26-29(30(31)32)27-28(24-21-12-9-6-3)25-22-19-14-11-8-5-2;1-4-7-10-17(15(21)22,11-8-5-2)18(16(23)24,13-14(19)20)25-12-9-6-3/h28-29H,4-27H2,1-3H3,(H,31,32);4-13H2,1-3H3,(H,19,20)(H,21,22)(H,23,24). The van der Waals surface area contributed by atoms with Crippen LogP contribution in [0.4, 0.5) is 0 Å². The second-order valence-electron chi connectivity index (χ2n) is 17.0. The minimum Gasteiger partial charge on any atom is -0.481 e. The number of carboxylic acids is 4. The third-order valence-electron chi connectivity index (χ3n) is 12.0. The van der Waals surface area contributed by atoms with Gasteiger partial charge in [0, 0.05) is 6.61 Å². The Kier molecular flexibility index (Phi) is 38.0. The Hall–Kier alpha value is -2.16. The van der Waals surface area contributed by atoms with Gasteiger partial charge < -0.3 is 25.2 Å². The van der Waals surface area contributed by atoms with E-state index in [1.54, 1.807) is 0 Å². The summed E-state index contributed by atoms with van der Waals surface area (Å²) in [6.07, 6.45) is 33.6. The molecule has 0 saturated heterocycles. The molecule has 9 heteroatoms. The predicted octanol–water partition coefficient (Wildman–Crippen LogP) is 14.3. The number of rotatable bonds is 41. The molecule has 9 nitrogen and oxygen atoms in total. The van der Waals surface area contributed by atoms with Crippen molar-refractivity contribution in [2.75, 3.05) is 6.61 Å². The van der Waals surface area contributed by atoms with Gasteiger partial charge in [0.05, 0.1) is 12.3 Å². The molecule has 0 heterocycles. The Bertz CT molecular complexity index is 975. The molecule has 0 aliphatic carbocycles. The van der Waals surface area contributed by atoms with E-state index in [9.17, 15) is 39.6 Å². The second kappa shape index (κ2) is 38.1. The Morgan fingerprint density at radius 1 is 0.456 bits per heavy atom. The van der Waals surface area contributed by atoms with Crippen LogP contribution in [-0.4, -0.2) is 56.5 Å². The molecule has 0 fully saturated rings. The van der Waals surface area contributed by atoms with Gasteiger partial charge >= 0.3 is 23.9 Å². The summed E-state index contributed by atoms with van der Waals surface area (Å²) in [5, 5.41) is 39.1. The van der Waals surface area contributed by atoms with Gasteiger partial charge in [-0.3, -0.25) is 14.4 Å². The molecule has 3 unspecified atom stereocenters. The van der Waals surface area contributed by atoms with Crippen molar-refractivity contribution in [1.29, 1.82) is 0 Å². The van der Waals surface area contributed by atoms with Crippen molar-refractivity contribution in [2.24, 2.45) is 17.3 Å². The fraction of sp³-hybridized carbons (Fsp3) is 0.917. The SMILES string of the molecule is CCCCCCCCCCCCC(CC(CCCCCC)CCCCCCCC)C(=O)O.CCCCOC(CC(=O)O)(C(=O)O)C(CCCC)(CCCC)C(=O)O. The summed E-state index contributed by atoms with van der Waals surface area (Å²) in [6.45, 7) is 12.5. The van der Waals surface area contributed by atoms with E-state index in [1.165, 1.54) is 135 Å². The van der Waals surface area contributed by atoms with Crippen molar-refractivity contribution in [2.45, 2.75) is 259 Å². The van der Waals surface area contributed by atoms with E-state index >= 15 is 0 Å². The molecule has 0 radical (unpaired) electrons. The van der Waals surface area contributed by atoms with Crippen molar-refractivity contribution in [3.8, 4) is 0 Å². The quantitative estimate of drug-likeness (QED) is 0.0441. The summed E-state index contributed by atoms with van der Waals surface area (Å²) in [6, 6.07) is 0. The monoisotopic (exact) mass is 813 g/mol. The maximum Gasteiger partial charge on any atom is 0.337 e. The first-order valence-corrected chi connectivity index (χ1v) is 23.9. The average Bonchev–Trinajstić information content (AvgIpc) is 3.17. The Morgan fingerprint density at radius 2 is 0.825 bits per heavy atom. The van der Waals surface area contributed by atoms with Gasteiger partial charge in [-0.05, 0) is 38.0 Å². The Morgan fingerprint density at radius 3 is 1.18 bits per heavy atom. The molecule has 0 spiro atoms. The van der Waals surface area contributed by atoms with Crippen molar-refractivity contribution < 1.29 is 44.3 Å². The van der Waals surface area contributed by atoms with Gasteiger partial charge in [-0.1, -0.05) is 215 Å². The third kappa shape index (κ3) is 26.5. The normalized spacial score (nSPS) is 13.6. The van der Waals surface area contributed by atoms with E-state index in [0.29, 0.717) is 38.0 Å². The number of unbranched alkanes of at least 4 members (excludes halogenated alkanes) is 20. The van der Waals surface area contributed by atoms with Crippen LogP contribution in [0.25, 0.3) is 0 Å². The highest BCUT2D eigenvalue weighted by Crippen LogP contribution is 2.47. The van der Waals surface area contributed by atoms with Gasteiger partial charge in [0.2, 0.25) is 0 Å². The molecule has 0 aromatic rings. The minimum absolute atomic E-state index is 0.0172. The summed E-state index contributed by atoms with van der Waals surface area (Å²) >= 11 is 0. The third-order valence-corrected chi connectivity index (χ3v) is 12.0. The van der Waals surface area contributed by atoms with Crippen LogP contribution in [-0.2, 0) is 23.9 Å². The number of hydrogen-bond donors (Lipinski definition) is 4. The number of carbonyl (C=O) groups is 4. The summed E-state index contributed by atoms with van der Waals surface area (Å²) in [4.78, 5) is 47.8. The van der Waals surface area contributed by atoms with Gasteiger partial charge in [0.15, 0.2) is 5.60 Å². The van der Waals surface area contributed by atoms with Gasteiger partial charge in [-0.25, -0.2) is 4.79 Å². The first-order valence-electron chi connectivity index (χ1n) is 23.9. The van der Waals surface area contributed by atoms with Crippen LogP contribution < -0.4 is 0 Å². The van der Waals surface area contributed by atoms with Crippen LogP contribution in [0.5, 0.6) is 0 Å². The smallest absolute Gasteiger partial charge is 0.337 e. The van der Waals surface area contributed by atoms with E-state index in [-0.39, 0.29) is 25.4 Å². The molecule has 0 aliphatic rings. The van der Waals surface area contributed by atoms with E-state index in [0.717, 1.165) is 25.7 Å². The van der Waals surface area contributed by atoms with Crippen molar-refractivity contribution in [1.82, 2.24) is 0 Å². The molecule has 0 amide bonds. The molecule has 0 aromatic carbocycles. The second-order valence-corrected chi connectivity index (χ2v) is 17.0. The average molecular weight is 813 g/mol. The molecule has 4 N–H and O–H groups in total. The fourth-order valence-electron chi connectivity index (χ4n) is 8.25. The molecule has 0 aliphatic heterocycles. The van der Waals surface area contributed by atoms with Gasteiger partial charge in [0.25, 0.3) is 0 Å². The predicted molar refractivity (Wildman–Crippen MR) is 235 cm³/mol. The van der Waals surface area contributed by atoms with Crippen LogP contribution in [0, 0.1) is 17.3 Å². The maximum absolute atomic E-state index is 12.3. The highest BCUT2D eigenvalue weighted by atomic mass is 16.5. The van der Waals surface area contributed by atoms with Gasteiger partial charge in [-0.15, -0.1) is 0 Å². The molecule has 0 bridgehead atoms. The van der Waals surface area contributed by atoms with Crippen LogP contribution in [0.3, 0.4) is 0 Å². The largest absolute Gasteiger partial charge is 0.481 e. The highest BCUT2D eigenvalue weighted by molar-refractivity contribution is 5.92. The lowest BCUT2D eigenvalue weighted by Crippen LogP contribution is -2.61. The zero-order chi connectivity index (χ0) is 43.2. The first-order chi connectivity index (χ1) is 27.4. The van der Waals surface area contributed by atoms with Crippen LogP contribution in [0.15, 0.2) is 0 Å². The lowest BCUT2D eigenvalue weighted by molar-refractivity contribution is -0.208. The summed E-state index contributed by atoms with van der Waals surface area (Å²) in [5.74, 6) is -4.21. The van der Waals surface area contributed by atoms with Gasteiger partial charge in [0.1, 0.15) is 5.41 Å². The summed E-state index contributed by atoms with van der Waals surface area (Å²) in [7, 11) is 0. The first kappa shape index (κ1) is 56.9. The van der Waals surface area contributed by atoms with Gasteiger partial charge in [-0.2, -0.15) is 0 Å². The topological polar surface area (TPSA) is 158 Å². The van der Waals surface area contributed by atoms with Crippen molar-refractivity contribution in [3.05, 3.63) is 0 Å². The van der Waals surface area contributed by atoms with Crippen LogP contribution in [0.2, 0.25) is 0 Å². The highest BCUT2D eigenvalue weighted by Gasteiger charge is 2.63. The molecular formula is C48H92O9. The van der Waals surface area contributed by atoms with Crippen molar-refractivity contribution in [3.63, 3.8) is 0 Å². The Balaban J connectivity index is 0. The van der Waals surface area contributed by atoms with E-state index < -0.39 is 41.3 Å².